The predicted molar refractivity (Wildman–Crippen MR) is 265 cm³/mol. The monoisotopic (exact) mass is 829 g/mol. The topological polar surface area (TPSA) is 93.8 Å². The van der Waals surface area contributed by atoms with Crippen LogP contribution in [-0.4, -0.2) is 37.9 Å². The summed E-state index contributed by atoms with van der Waals surface area (Å²) in [4.78, 5) is 29.8. The first-order chi connectivity index (χ1) is 31.6. The molecule has 0 aliphatic carbocycles. The molecular formula is C56H43N7O. The number of hydrogen-bond donors (Lipinski definition) is 0. The van der Waals surface area contributed by atoms with Crippen LogP contribution < -0.4 is 0 Å². The molecule has 0 saturated carbocycles. The van der Waals surface area contributed by atoms with Gasteiger partial charge in [-0.1, -0.05) is 159 Å². The molecule has 0 unspecified atom stereocenters. The molecule has 7 aromatic carbocycles. The first-order valence-corrected chi connectivity index (χ1v) is 21.4. The van der Waals surface area contributed by atoms with Gasteiger partial charge < -0.3 is 4.42 Å². The van der Waals surface area contributed by atoms with Crippen LogP contribution in [0.25, 0.3) is 77.8 Å². The number of nitrogens with zero attached hydrogens (tertiary/aromatic N) is 7. The Morgan fingerprint density at radius 2 is 1.34 bits per heavy atom. The summed E-state index contributed by atoms with van der Waals surface area (Å²) < 4.78 is 8.62. The van der Waals surface area contributed by atoms with Crippen molar-refractivity contribution in [2.75, 3.05) is 0 Å². The second-order valence-electron chi connectivity index (χ2n) is 15.4. The maximum absolute atomic E-state index is 6.47. The maximum Gasteiger partial charge on any atom is 0.238 e. The Bertz CT molecular complexity index is 3470. The predicted octanol–water partition coefficient (Wildman–Crippen LogP) is 13.7. The fourth-order valence-electron chi connectivity index (χ4n) is 8.22. The van der Waals surface area contributed by atoms with Crippen LogP contribution in [0.1, 0.15) is 42.8 Å². The molecule has 0 atom stereocenters. The van der Waals surface area contributed by atoms with E-state index in [-0.39, 0.29) is 0 Å². The van der Waals surface area contributed by atoms with Gasteiger partial charge in [0, 0.05) is 43.8 Å². The fourth-order valence-corrected chi connectivity index (χ4v) is 8.22. The van der Waals surface area contributed by atoms with Crippen LogP contribution in [0.3, 0.4) is 0 Å². The van der Waals surface area contributed by atoms with Gasteiger partial charge in [0.1, 0.15) is 11.2 Å². The molecule has 10 rings (SSSR count). The zero-order valence-corrected chi connectivity index (χ0v) is 35.6. The highest BCUT2D eigenvalue weighted by Gasteiger charge is 2.20. The normalized spacial score (nSPS) is 12.6. The number of amidine groups is 2. The lowest BCUT2D eigenvalue weighted by Crippen LogP contribution is -2.07. The second kappa shape index (κ2) is 17.6. The Labute approximate surface area is 371 Å². The van der Waals surface area contributed by atoms with Gasteiger partial charge in [-0.3, -0.25) is 9.56 Å². The van der Waals surface area contributed by atoms with Crippen LogP contribution in [0.5, 0.6) is 0 Å². The van der Waals surface area contributed by atoms with Crippen molar-refractivity contribution in [1.29, 1.82) is 0 Å². The molecule has 8 heteroatoms. The smallest absolute Gasteiger partial charge is 0.238 e. The molecule has 0 amide bonds. The fraction of sp³-hybridized carbons (Fsp3) is 0.0714. The van der Waals surface area contributed by atoms with E-state index in [1.165, 1.54) is 0 Å². The molecule has 8 nitrogen and oxygen atoms in total. The zero-order valence-electron chi connectivity index (χ0n) is 35.6. The molecule has 0 fully saturated rings. The third-order valence-electron chi connectivity index (χ3n) is 11.3. The third kappa shape index (κ3) is 7.62. The summed E-state index contributed by atoms with van der Waals surface area (Å²) in [6.45, 7) is 8.59. The third-order valence-corrected chi connectivity index (χ3v) is 11.3. The number of allylic oxidation sites excluding steroid dienone is 4. The van der Waals surface area contributed by atoms with Crippen LogP contribution in [-0.2, 0) is 6.54 Å². The lowest BCUT2D eigenvalue weighted by molar-refractivity contribution is 0.669. The SMILES string of the molecule is C=NC(=NC(=NCc1ccccc1)c1ccccc1)c1cccc2oc3ccc(-c4ccc5c(c4)c4ccccc4n5-c4nc(C(/C=C\CC)=C/C)nc(-c5ccccc5)n4)cc3c12. The van der Waals surface area contributed by atoms with E-state index in [0.717, 1.165) is 89.1 Å². The van der Waals surface area contributed by atoms with Gasteiger partial charge >= 0.3 is 0 Å². The van der Waals surface area contributed by atoms with Crippen LogP contribution >= 0.6 is 0 Å². The van der Waals surface area contributed by atoms with Crippen LogP contribution in [0.15, 0.2) is 207 Å². The number of para-hydroxylation sites is 1. The average molecular weight is 830 g/mol. The minimum absolute atomic E-state index is 0.462. The molecule has 0 radical (unpaired) electrons. The largest absolute Gasteiger partial charge is 0.456 e. The Balaban J connectivity index is 1.10. The van der Waals surface area contributed by atoms with E-state index in [2.05, 4.69) is 102 Å². The first-order valence-electron chi connectivity index (χ1n) is 21.4. The summed E-state index contributed by atoms with van der Waals surface area (Å²) in [6, 6.07) is 57.6. The number of hydrogen-bond acceptors (Lipinski definition) is 5. The lowest BCUT2D eigenvalue weighted by atomic mass is 9.99. The first kappa shape index (κ1) is 39.8. The van der Waals surface area contributed by atoms with Gasteiger partial charge in [0.05, 0.1) is 17.6 Å². The maximum atomic E-state index is 6.47. The molecule has 0 aliphatic heterocycles. The molecule has 0 spiro atoms. The zero-order chi connectivity index (χ0) is 43.4. The number of rotatable bonds is 10. The van der Waals surface area contributed by atoms with Crippen LogP contribution in [0.4, 0.5) is 0 Å². The Morgan fingerprint density at radius 3 is 2.11 bits per heavy atom. The minimum Gasteiger partial charge on any atom is -0.456 e. The van der Waals surface area contributed by atoms with Gasteiger partial charge in [-0.05, 0) is 73.2 Å². The lowest BCUT2D eigenvalue weighted by Gasteiger charge is -2.11. The Morgan fingerprint density at radius 1 is 0.641 bits per heavy atom. The number of benzene rings is 7. The van der Waals surface area contributed by atoms with Gasteiger partial charge in [-0.25, -0.2) is 15.0 Å². The van der Waals surface area contributed by atoms with E-state index >= 15 is 0 Å². The standard InChI is InChI=1S/C56H43N7O/c1-4-6-21-38(5-2)53-60-54(40-24-14-9-15-25-40)62-56(61-53)63-47-28-17-16-26-43(47)45-34-41(30-32-48(45)63)42-31-33-49-46(35-42)51-44(27-18-29-50(51)64-49)55(57-3)59-52(39-22-12-8-13-23-39)58-36-37-19-10-7-11-20-37/h5-35H,3-4,36H2,1-2H3/b21-6-,38-5+,58-52?,59-55?. The molecule has 0 aliphatic rings. The molecule has 308 valence electrons. The number of aromatic nitrogens is 4. The summed E-state index contributed by atoms with van der Waals surface area (Å²) in [5.41, 5.74) is 10.2. The summed E-state index contributed by atoms with van der Waals surface area (Å²) in [6.07, 6.45) is 7.16. The van der Waals surface area contributed by atoms with E-state index in [1.807, 2.05) is 116 Å². The number of furan rings is 1. The van der Waals surface area contributed by atoms with Crippen LogP contribution in [0.2, 0.25) is 0 Å². The van der Waals surface area contributed by atoms with Crippen molar-refractivity contribution in [2.45, 2.75) is 26.8 Å². The van der Waals surface area contributed by atoms with Crippen molar-refractivity contribution < 1.29 is 4.42 Å². The summed E-state index contributed by atoms with van der Waals surface area (Å²) in [5, 5.41) is 4.04. The van der Waals surface area contributed by atoms with E-state index in [0.29, 0.717) is 35.8 Å². The molecule has 0 saturated heterocycles. The highest BCUT2D eigenvalue weighted by molar-refractivity contribution is 6.22. The summed E-state index contributed by atoms with van der Waals surface area (Å²) >= 11 is 0. The Kier molecular flexibility index (Phi) is 10.9. The van der Waals surface area contributed by atoms with Crippen molar-refractivity contribution in [3.8, 4) is 28.5 Å². The van der Waals surface area contributed by atoms with E-state index < -0.39 is 0 Å². The van der Waals surface area contributed by atoms with E-state index in [9.17, 15) is 0 Å². The van der Waals surface area contributed by atoms with Crippen molar-refractivity contribution in [1.82, 2.24) is 19.5 Å². The molecule has 10 aromatic rings. The number of fused-ring (bicyclic) bond motifs is 6. The van der Waals surface area contributed by atoms with Gasteiger partial charge in [-0.2, -0.15) is 9.97 Å². The highest BCUT2D eigenvalue weighted by atomic mass is 16.3. The minimum atomic E-state index is 0.462. The molecule has 0 N–H and O–H groups in total. The van der Waals surface area contributed by atoms with Crippen molar-refractivity contribution in [3.05, 3.63) is 211 Å². The van der Waals surface area contributed by atoms with Gasteiger partial charge in [0.2, 0.25) is 5.95 Å². The van der Waals surface area contributed by atoms with E-state index in [4.69, 9.17) is 29.4 Å². The van der Waals surface area contributed by atoms with Crippen molar-refractivity contribution >= 4 is 67.7 Å². The van der Waals surface area contributed by atoms with Gasteiger partial charge in [0.15, 0.2) is 23.3 Å². The molecule has 3 aromatic heterocycles. The van der Waals surface area contributed by atoms with Gasteiger partial charge in [0.25, 0.3) is 0 Å². The molecule has 0 bridgehead atoms. The van der Waals surface area contributed by atoms with Crippen LogP contribution in [0, 0.1) is 0 Å². The van der Waals surface area contributed by atoms with Gasteiger partial charge in [-0.15, -0.1) is 0 Å². The van der Waals surface area contributed by atoms with Crippen molar-refractivity contribution in [2.24, 2.45) is 15.0 Å². The Hall–Kier alpha value is -8.36. The second-order valence-corrected chi connectivity index (χ2v) is 15.4. The van der Waals surface area contributed by atoms with Crippen molar-refractivity contribution in [3.63, 3.8) is 0 Å². The summed E-state index contributed by atoms with van der Waals surface area (Å²) in [7, 11) is 0. The number of aliphatic imine (C=N–C) groups is 3. The highest BCUT2D eigenvalue weighted by Crippen LogP contribution is 2.38. The summed E-state index contributed by atoms with van der Waals surface area (Å²) in [5.74, 6) is 2.82. The molecule has 64 heavy (non-hydrogen) atoms. The molecular weight excluding hydrogens is 787 g/mol. The quantitative estimate of drug-likeness (QED) is 0.0779. The van der Waals surface area contributed by atoms with E-state index in [1.54, 1.807) is 0 Å². The molecule has 3 heterocycles. The average Bonchev–Trinajstić information content (AvgIpc) is 3.90.